The van der Waals surface area contributed by atoms with Crippen molar-refractivity contribution in [2.75, 3.05) is 26.2 Å². The van der Waals surface area contributed by atoms with Crippen molar-refractivity contribution >= 4 is 6.09 Å². The number of aliphatic hydroxyl groups excluding tert-OH is 1. The summed E-state index contributed by atoms with van der Waals surface area (Å²) >= 11 is 0. The van der Waals surface area contributed by atoms with E-state index >= 15 is 0 Å². The lowest BCUT2D eigenvalue weighted by molar-refractivity contribution is 0.00268. The normalized spacial score (nSPS) is 23.9. The molecule has 0 aliphatic carbocycles. The number of hydrogen-bond acceptors (Lipinski definition) is 4. The van der Waals surface area contributed by atoms with Crippen LogP contribution in [0.15, 0.2) is 0 Å². The van der Waals surface area contributed by atoms with Crippen LogP contribution >= 0.6 is 0 Å². The van der Waals surface area contributed by atoms with Crippen molar-refractivity contribution in [3.63, 3.8) is 0 Å². The molecule has 5 heteroatoms. The number of nitrogens with one attached hydrogen (secondary N) is 1. The average molecular weight is 328 g/mol. The molecule has 1 amide bonds. The Labute approximate surface area is 141 Å². The van der Waals surface area contributed by atoms with Crippen molar-refractivity contribution in [2.45, 2.75) is 66.0 Å². The Morgan fingerprint density at radius 1 is 1.39 bits per heavy atom. The Hall–Kier alpha value is -0.810. The summed E-state index contributed by atoms with van der Waals surface area (Å²) in [7, 11) is 0. The molecule has 0 radical (unpaired) electrons. The first-order valence-corrected chi connectivity index (χ1v) is 8.96. The van der Waals surface area contributed by atoms with Gasteiger partial charge in [-0.3, -0.25) is 0 Å². The van der Waals surface area contributed by atoms with Crippen molar-refractivity contribution in [3.8, 4) is 0 Å². The lowest BCUT2D eigenvalue weighted by atomic mass is 9.76. The van der Waals surface area contributed by atoms with Gasteiger partial charge in [-0.15, -0.1) is 0 Å². The molecule has 0 aromatic carbocycles. The fourth-order valence-corrected chi connectivity index (χ4v) is 3.35. The van der Waals surface area contributed by atoms with Crippen LogP contribution in [-0.4, -0.2) is 54.0 Å². The predicted octanol–water partition coefficient (Wildman–Crippen LogP) is 2.88. The highest BCUT2D eigenvalue weighted by atomic mass is 16.6. The zero-order valence-electron chi connectivity index (χ0n) is 15.8. The third-order valence-corrected chi connectivity index (χ3v) is 4.53. The monoisotopic (exact) mass is 328 g/mol. The summed E-state index contributed by atoms with van der Waals surface area (Å²) < 4.78 is 5.47. The molecule has 1 fully saturated rings. The molecule has 0 aromatic rings. The van der Waals surface area contributed by atoms with Gasteiger partial charge in [-0.25, -0.2) is 4.79 Å². The van der Waals surface area contributed by atoms with Crippen LogP contribution in [0.2, 0.25) is 0 Å². The molecule has 1 aliphatic heterocycles. The third-order valence-electron chi connectivity index (χ3n) is 4.53. The van der Waals surface area contributed by atoms with Crippen LogP contribution in [0.3, 0.4) is 0 Å². The van der Waals surface area contributed by atoms with Crippen molar-refractivity contribution in [2.24, 2.45) is 17.8 Å². The maximum Gasteiger partial charge on any atom is 0.410 e. The highest BCUT2D eigenvalue weighted by molar-refractivity contribution is 5.68. The molecule has 0 saturated carbocycles. The van der Waals surface area contributed by atoms with Gasteiger partial charge >= 0.3 is 6.09 Å². The second kappa shape index (κ2) is 8.88. The van der Waals surface area contributed by atoms with Crippen molar-refractivity contribution in [1.82, 2.24) is 10.2 Å². The van der Waals surface area contributed by atoms with Crippen LogP contribution in [0.1, 0.15) is 54.4 Å². The number of carbonyl (C=O) groups is 1. The fraction of sp³-hybridized carbons (Fsp3) is 0.944. The Morgan fingerprint density at radius 2 is 2.04 bits per heavy atom. The summed E-state index contributed by atoms with van der Waals surface area (Å²) in [6.45, 7) is 14.7. The molecule has 0 aromatic heterocycles. The van der Waals surface area contributed by atoms with E-state index in [4.69, 9.17) is 4.74 Å². The minimum Gasteiger partial charge on any atom is -0.444 e. The molecule has 136 valence electrons. The molecule has 3 unspecified atom stereocenters. The van der Waals surface area contributed by atoms with Crippen LogP contribution in [0.4, 0.5) is 4.79 Å². The molecule has 3 atom stereocenters. The van der Waals surface area contributed by atoms with E-state index in [1.165, 1.54) is 0 Å². The summed E-state index contributed by atoms with van der Waals surface area (Å²) in [4.78, 5) is 14.0. The van der Waals surface area contributed by atoms with Gasteiger partial charge in [0.25, 0.3) is 0 Å². The van der Waals surface area contributed by atoms with Crippen LogP contribution in [0, 0.1) is 17.8 Å². The quantitative estimate of drug-likeness (QED) is 0.787. The maximum atomic E-state index is 12.2. The highest BCUT2D eigenvalue weighted by Crippen LogP contribution is 2.32. The van der Waals surface area contributed by atoms with Crippen LogP contribution < -0.4 is 5.32 Å². The number of rotatable bonds is 6. The first-order chi connectivity index (χ1) is 10.6. The number of amides is 1. The van der Waals surface area contributed by atoms with Gasteiger partial charge in [-0.2, -0.15) is 0 Å². The lowest BCUT2D eigenvalue weighted by Gasteiger charge is -2.40. The van der Waals surface area contributed by atoms with E-state index in [0.29, 0.717) is 30.3 Å². The molecule has 1 rings (SSSR count). The van der Waals surface area contributed by atoms with E-state index in [-0.39, 0.29) is 12.7 Å². The van der Waals surface area contributed by atoms with Gasteiger partial charge in [-0.05, 0) is 57.9 Å². The number of likely N-dealkylation sites (tertiary alicyclic amines) is 1. The summed E-state index contributed by atoms with van der Waals surface area (Å²) in [5, 5.41) is 13.2. The summed E-state index contributed by atoms with van der Waals surface area (Å²) in [6, 6.07) is 0.473. The summed E-state index contributed by atoms with van der Waals surface area (Å²) in [5.41, 5.74) is -0.451. The average Bonchev–Trinajstić information content (AvgIpc) is 2.42. The van der Waals surface area contributed by atoms with E-state index in [0.717, 1.165) is 25.9 Å². The fourth-order valence-electron chi connectivity index (χ4n) is 3.35. The number of piperidine rings is 1. The Balaban J connectivity index is 2.51. The molecule has 23 heavy (non-hydrogen) atoms. The number of carbonyl (C=O) groups excluding carboxylic acids is 1. The highest BCUT2D eigenvalue weighted by Gasteiger charge is 2.34. The summed E-state index contributed by atoms with van der Waals surface area (Å²) in [6.07, 6.45) is 1.70. The zero-order chi connectivity index (χ0) is 17.6. The standard InChI is InChI=1S/C18H36N2O3/c1-13(2)19-9-7-15(12-21)16-8-10-20(11-14(16)3)17(22)23-18(4,5)6/h13-16,19,21H,7-12H2,1-6H3. The van der Waals surface area contributed by atoms with Crippen LogP contribution in [0.25, 0.3) is 0 Å². The van der Waals surface area contributed by atoms with Crippen molar-refractivity contribution in [3.05, 3.63) is 0 Å². The van der Waals surface area contributed by atoms with Crippen LogP contribution in [0.5, 0.6) is 0 Å². The molecule has 0 spiro atoms. The molecule has 1 aliphatic rings. The molecule has 1 heterocycles. The molecular formula is C18H36N2O3. The molecule has 5 nitrogen and oxygen atoms in total. The minimum absolute atomic E-state index is 0.218. The van der Waals surface area contributed by atoms with Gasteiger partial charge < -0.3 is 20.1 Å². The van der Waals surface area contributed by atoms with Crippen molar-refractivity contribution in [1.29, 1.82) is 0 Å². The number of nitrogens with zero attached hydrogens (tertiary/aromatic N) is 1. The molecule has 1 saturated heterocycles. The first kappa shape index (κ1) is 20.2. The Bertz CT molecular complexity index is 366. The lowest BCUT2D eigenvalue weighted by Crippen LogP contribution is -2.47. The minimum atomic E-state index is -0.451. The second-order valence-electron chi connectivity index (χ2n) is 8.20. The smallest absolute Gasteiger partial charge is 0.410 e. The number of ether oxygens (including phenoxy) is 1. The van der Waals surface area contributed by atoms with E-state index < -0.39 is 5.60 Å². The molecule has 0 bridgehead atoms. The van der Waals surface area contributed by atoms with Gasteiger partial charge in [0.1, 0.15) is 5.60 Å². The topological polar surface area (TPSA) is 61.8 Å². The molecule has 2 N–H and O–H groups in total. The van der Waals surface area contributed by atoms with Gasteiger partial charge in [0, 0.05) is 25.7 Å². The van der Waals surface area contributed by atoms with Gasteiger partial charge in [0.05, 0.1) is 0 Å². The van der Waals surface area contributed by atoms with Gasteiger partial charge in [-0.1, -0.05) is 20.8 Å². The zero-order valence-corrected chi connectivity index (χ0v) is 15.8. The SMILES string of the molecule is CC(C)NCCC(CO)C1CCN(C(=O)OC(C)(C)C)CC1C. The molecular weight excluding hydrogens is 292 g/mol. The maximum absolute atomic E-state index is 12.2. The Morgan fingerprint density at radius 3 is 2.52 bits per heavy atom. The largest absolute Gasteiger partial charge is 0.444 e. The van der Waals surface area contributed by atoms with E-state index in [2.05, 4.69) is 26.1 Å². The number of hydrogen-bond donors (Lipinski definition) is 2. The second-order valence-corrected chi connectivity index (χ2v) is 8.20. The van der Waals surface area contributed by atoms with E-state index in [9.17, 15) is 9.90 Å². The van der Waals surface area contributed by atoms with E-state index in [1.54, 1.807) is 0 Å². The predicted molar refractivity (Wildman–Crippen MR) is 93.4 cm³/mol. The summed E-state index contributed by atoms with van der Waals surface area (Å²) in [5.74, 6) is 1.15. The van der Waals surface area contributed by atoms with Gasteiger partial charge in [0.15, 0.2) is 0 Å². The van der Waals surface area contributed by atoms with Crippen molar-refractivity contribution < 1.29 is 14.6 Å². The van der Waals surface area contributed by atoms with Gasteiger partial charge in [0.2, 0.25) is 0 Å². The van der Waals surface area contributed by atoms with Crippen LogP contribution in [-0.2, 0) is 4.74 Å². The number of aliphatic hydroxyl groups is 1. The van der Waals surface area contributed by atoms with E-state index in [1.807, 2.05) is 25.7 Å². The first-order valence-electron chi connectivity index (χ1n) is 8.96. The third kappa shape index (κ3) is 7.08. The Kier molecular flexibility index (Phi) is 7.81.